The molecule has 1 aliphatic rings. The molecule has 0 aromatic heterocycles. The van der Waals surface area contributed by atoms with Crippen LogP contribution in [0.25, 0.3) is 0 Å². The van der Waals surface area contributed by atoms with Crippen molar-refractivity contribution in [3.8, 4) is 0 Å². The molecule has 0 saturated heterocycles. The molecule has 16 heavy (non-hydrogen) atoms. The zero-order valence-corrected chi connectivity index (χ0v) is 8.90. The summed E-state index contributed by atoms with van der Waals surface area (Å²) >= 11 is 0. The van der Waals surface area contributed by atoms with Crippen LogP contribution in [0.3, 0.4) is 0 Å². The normalized spacial score (nSPS) is 15.2. The fourth-order valence-electron chi connectivity index (χ4n) is 1.54. The van der Waals surface area contributed by atoms with E-state index in [-0.39, 0.29) is 5.46 Å². The minimum Gasteiger partial charge on any atom is -0.423 e. The molecule has 2 N–H and O–H groups in total. The summed E-state index contributed by atoms with van der Waals surface area (Å²) in [7, 11) is -1.64. The fourth-order valence-corrected chi connectivity index (χ4v) is 1.54. The third-order valence-corrected chi connectivity index (χ3v) is 2.60. The topological polar surface area (TPSA) is 49.7 Å². The van der Waals surface area contributed by atoms with Gasteiger partial charge in [0, 0.05) is 6.61 Å². The first kappa shape index (κ1) is 11.6. The first-order chi connectivity index (χ1) is 7.65. The van der Waals surface area contributed by atoms with Crippen LogP contribution in [-0.4, -0.2) is 23.8 Å². The van der Waals surface area contributed by atoms with Crippen LogP contribution >= 0.6 is 0 Å². The largest absolute Gasteiger partial charge is 0.488 e. The maximum atomic E-state index is 13.1. The Bertz CT molecular complexity index is 366. The second-order valence-corrected chi connectivity index (χ2v) is 4.22. The minimum atomic E-state index is -1.64. The first-order valence-electron chi connectivity index (χ1n) is 5.38. The molecular formula is C11H14BFO3. The molecular weight excluding hydrogens is 210 g/mol. The van der Waals surface area contributed by atoms with Gasteiger partial charge in [-0.25, -0.2) is 4.39 Å². The SMILES string of the molecule is OB(O)c1cc(F)cc(COCC2CC2)c1. The van der Waals surface area contributed by atoms with Crippen molar-refractivity contribution in [2.75, 3.05) is 6.61 Å². The fraction of sp³-hybridized carbons (Fsp3) is 0.455. The summed E-state index contributed by atoms with van der Waals surface area (Å²) in [5.74, 6) is 0.187. The number of halogens is 1. The summed E-state index contributed by atoms with van der Waals surface area (Å²) in [6.45, 7) is 1.02. The van der Waals surface area contributed by atoms with Gasteiger partial charge in [0.2, 0.25) is 0 Å². The summed E-state index contributed by atoms with van der Waals surface area (Å²) in [4.78, 5) is 0. The van der Waals surface area contributed by atoms with Crippen LogP contribution in [0.2, 0.25) is 0 Å². The van der Waals surface area contributed by atoms with Gasteiger partial charge in [-0.1, -0.05) is 6.07 Å². The van der Waals surface area contributed by atoms with Crippen molar-refractivity contribution in [3.63, 3.8) is 0 Å². The molecule has 0 aliphatic heterocycles. The summed E-state index contributed by atoms with van der Waals surface area (Å²) in [5.41, 5.74) is 0.786. The summed E-state index contributed by atoms with van der Waals surface area (Å²) in [6, 6.07) is 3.99. The van der Waals surface area contributed by atoms with Crippen molar-refractivity contribution in [1.82, 2.24) is 0 Å². The van der Waals surface area contributed by atoms with Gasteiger partial charge in [-0.15, -0.1) is 0 Å². The first-order valence-corrected chi connectivity index (χ1v) is 5.38. The molecule has 86 valence electrons. The summed E-state index contributed by atoms with van der Waals surface area (Å²) < 4.78 is 18.5. The van der Waals surface area contributed by atoms with E-state index in [0.717, 1.165) is 6.07 Å². The predicted octanol–water partition coefficient (Wildman–Crippen LogP) is 0.432. The molecule has 5 heteroatoms. The molecule has 3 nitrogen and oxygen atoms in total. The van der Waals surface area contributed by atoms with E-state index in [1.165, 1.54) is 18.9 Å². The van der Waals surface area contributed by atoms with E-state index in [4.69, 9.17) is 14.8 Å². The molecule has 0 bridgehead atoms. The molecule has 0 unspecified atom stereocenters. The predicted molar refractivity (Wildman–Crippen MR) is 58.6 cm³/mol. The smallest absolute Gasteiger partial charge is 0.423 e. The molecule has 0 radical (unpaired) electrons. The van der Waals surface area contributed by atoms with E-state index in [1.807, 2.05) is 0 Å². The van der Waals surface area contributed by atoms with E-state index in [2.05, 4.69) is 0 Å². The molecule has 0 amide bonds. The number of rotatable bonds is 5. The zero-order chi connectivity index (χ0) is 11.5. The highest BCUT2D eigenvalue weighted by atomic mass is 19.1. The molecule has 0 heterocycles. The van der Waals surface area contributed by atoms with E-state index in [9.17, 15) is 4.39 Å². The van der Waals surface area contributed by atoms with Gasteiger partial charge in [0.05, 0.1) is 6.61 Å². The maximum Gasteiger partial charge on any atom is 0.488 e. The number of hydrogen-bond donors (Lipinski definition) is 2. The molecule has 1 aromatic carbocycles. The molecule has 1 aliphatic carbocycles. The lowest BCUT2D eigenvalue weighted by Crippen LogP contribution is -2.30. The van der Waals surface area contributed by atoms with E-state index in [0.29, 0.717) is 24.7 Å². The highest BCUT2D eigenvalue weighted by Gasteiger charge is 2.21. The number of ether oxygens (including phenoxy) is 1. The van der Waals surface area contributed by atoms with Gasteiger partial charge in [0.15, 0.2) is 0 Å². The van der Waals surface area contributed by atoms with Crippen molar-refractivity contribution < 1.29 is 19.2 Å². The van der Waals surface area contributed by atoms with Gasteiger partial charge in [0.1, 0.15) is 5.82 Å². The average Bonchev–Trinajstić information content (AvgIpc) is 3.01. The molecule has 2 rings (SSSR count). The van der Waals surface area contributed by atoms with Gasteiger partial charge in [0.25, 0.3) is 0 Å². The molecule has 1 saturated carbocycles. The van der Waals surface area contributed by atoms with Crippen LogP contribution in [0.4, 0.5) is 4.39 Å². The third kappa shape index (κ3) is 3.30. The van der Waals surface area contributed by atoms with Gasteiger partial charge in [-0.05, 0) is 41.9 Å². The van der Waals surface area contributed by atoms with Crippen LogP contribution in [0.1, 0.15) is 18.4 Å². The van der Waals surface area contributed by atoms with Crippen LogP contribution < -0.4 is 5.46 Å². The molecule has 1 aromatic rings. The lowest BCUT2D eigenvalue weighted by Gasteiger charge is -2.06. The molecule has 0 spiro atoms. The van der Waals surface area contributed by atoms with Gasteiger partial charge in [-0.2, -0.15) is 0 Å². The standard InChI is InChI=1S/C11H14BFO3/c13-11-4-9(3-10(5-11)12(14)15)7-16-6-8-1-2-8/h3-5,8,14-15H,1-2,6-7H2. The Balaban J connectivity index is 1.95. The molecule has 1 fully saturated rings. The number of hydrogen-bond acceptors (Lipinski definition) is 3. The Morgan fingerprint density at radius 3 is 2.69 bits per heavy atom. The van der Waals surface area contributed by atoms with Crippen LogP contribution in [0.5, 0.6) is 0 Å². The second kappa shape index (κ2) is 4.95. The maximum absolute atomic E-state index is 13.1. The highest BCUT2D eigenvalue weighted by molar-refractivity contribution is 6.58. The van der Waals surface area contributed by atoms with E-state index < -0.39 is 12.9 Å². The number of benzene rings is 1. The lowest BCUT2D eigenvalue weighted by molar-refractivity contribution is 0.111. The Kier molecular flexibility index (Phi) is 3.58. The van der Waals surface area contributed by atoms with Crippen molar-refractivity contribution in [2.45, 2.75) is 19.4 Å². The third-order valence-electron chi connectivity index (χ3n) is 2.60. The minimum absolute atomic E-state index is 0.157. The van der Waals surface area contributed by atoms with Gasteiger partial charge < -0.3 is 14.8 Å². The Hall–Kier alpha value is -0.905. The van der Waals surface area contributed by atoms with Crippen LogP contribution in [-0.2, 0) is 11.3 Å². The van der Waals surface area contributed by atoms with Crippen LogP contribution in [0, 0.1) is 11.7 Å². The Labute approximate surface area is 94.0 Å². The van der Waals surface area contributed by atoms with Crippen LogP contribution in [0.15, 0.2) is 18.2 Å². The quantitative estimate of drug-likeness (QED) is 0.713. The monoisotopic (exact) mass is 224 g/mol. The van der Waals surface area contributed by atoms with E-state index in [1.54, 1.807) is 6.07 Å². The summed E-state index contributed by atoms with van der Waals surface area (Å²) in [5, 5.41) is 17.9. The van der Waals surface area contributed by atoms with Gasteiger partial charge >= 0.3 is 7.12 Å². The molecule has 0 atom stereocenters. The Morgan fingerprint density at radius 2 is 2.06 bits per heavy atom. The zero-order valence-electron chi connectivity index (χ0n) is 8.90. The van der Waals surface area contributed by atoms with Crippen molar-refractivity contribution in [2.24, 2.45) is 5.92 Å². The second-order valence-electron chi connectivity index (χ2n) is 4.22. The Morgan fingerprint density at radius 1 is 1.31 bits per heavy atom. The van der Waals surface area contributed by atoms with Crippen molar-refractivity contribution in [1.29, 1.82) is 0 Å². The highest BCUT2D eigenvalue weighted by Crippen LogP contribution is 2.29. The van der Waals surface area contributed by atoms with E-state index >= 15 is 0 Å². The van der Waals surface area contributed by atoms with Crippen molar-refractivity contribution in [3.05, 3.63) is 29.6 Å². The average molecular weight is 224 g/mol. The lowest BCUT2D eigenvalue weighted by atomic mass is 9.79. The van der Waals surface area contributed by atoms with Crippen molar-refractivity contribution >= 4 is 12.6 Å². The van der Waals surface area contributed by atoms with Gasteiger partial charge in [-0.3, -0.25) is 0 Å². The summed E-state index contributed by atoms with van der Waals surface area (Å²) in [6.07, 6.45) is 2.42.